The molecule has 0 saturated carbocycles. The van der Waals surface area contributed by atoms with Gasteiger partial charge in [-0.15, -0.1) is 0 Å². The second kappa shape index (κ2) is 8.97. The van der Waals surface area contributed by atoms with E-state index in [0.717, 1.165) is 36.0 Å². The van der Waals surface area contributed by atoms with Crippen LogP contribution in [0.3, 0.4) is 0 Å². The summed E-state index contributed by atoms with van der Waals surface area (Å²) in [5.74, 6) is -1.01. The molecule has 2 aliphatic carbocycles. The average molecular weight is 412 g/mol. The number of benzene rings is 1. The third-order valence-corrected chi connectivity index (χ3v) is 6.13. The molecule has 0 amide bonds. The third kappa shape index (κ3) is 4.19. The molecule has 0 bridgehead atoms. The fourth-order valence-electron chi connectivity index (χ4n) is 4.71. The van der Waals surface area contributed by atoms with Crippen LogP contribution in [0.15, 0.2) is 42.7 Å². The zero-order valence-corrected chi connectivity index (χ0v) is 17.6. The minimum absolute atomic E-state index is 0. The summed E-state index contributed by atoms with van der Waals surface area (Å²) in [7, 11) is 0. The Labute approximate surface area is 194 Å². The van der Waals surface area contributed by atoms with Gasteiger partial charge in [0.2, 0.25) is 0 Å². The topological polar surface area (TPSA) is 100 Å². The Balaban J connectivity index is 0.00000144. The number of carboxylic acids is 1. The number of carbonyl (C=O) groups is 1. The van der Waals surface area contributed by atoms with Crippen molar-refractivity contribution in [2.24, 2.45) is 0 Å². The molecule has 1 atom stereocenters. The van der Waals surface area contributed by atoms with E-state index >= 15 is 0 Å². The zero-order valence-electron chi connectivity index (χ0n) is 18.6. The summed E-state index contributed by atoms with van der Waals surface area (Å²) in [5, 5.41) is 28.4. The summed E-state index contributed by atoms with van der Waals surface area (Å²) in [4.78, 5) is 16.1. The Morgan fingerprint density at radius 3 is 2.65 bits per heavy atom. The van der Waals surface area contributed by atoms with Crippen molar-refractivity contribution in [1.82, 2.24) is 20.1 Å². The van der Waals surface area contributed by atoms with E-state index in [-0.39, 0.29) is 32.5 Å². The molecule has 1 aromatic carbocycles. The first-order valence-electron chi connectivity index (χ1n) is 10.3. The van der Waals surface area contributed by atoms with Crippen molar-refractivity contribution < 1.29 is 35.3 Å². The number of aryl methyl sites for hydroxylation is 1. The van der Waals surface area contributed by atoms with Crippen molar-refractivity contribution in [2.75, 3.05) is 6.54 Å². The van der Waals surface area contributed by atoms with Crippen LogP contribution in [0, 0.1) is 0 Å². The predicted octanol–water partition coefficient (Wildman–Crippen LogP) is -1.02. The van der Waals surface area contributed by atoms with Gasteiger partial charge < -0.3 is 17.0 Å². The first kappa shape index (κ1) is 21.8. The smallest absolute Gasteiger partial charge is 1.00 e. The molecule has 31 heavy (non-hydrogen) atoms. The van der Waals surface area contributed by atoms with E-state index in [1.165, 1.54) is 15.8 Å². The molecule has 8 heteroatoms. The summed E-state index contributed by atoms with van der Waals surface area (Å²) >= 11 is 0. The molecular formula is C23H25LiN4O3. The van der Waals surface area contributed by atoms with Crippen LogP contribution in [0.5, 0.6) is 0 Å². The SMILES string of the molecule is O=C(O)c1c2c(nn1CC(O)CNC1Cc3ccccc3C1)-c1ccncc1CC2.[H-].[Li+]. The van der Waals surface area contributed by atoms with Gasteiger partial charge in [0.1, 0.15) is 5.69 Å². The Hall–Kier alpha value is -2.43. The van der Waals surface area contributed by atoms with Gasteiger partial charge in [0.25, 0.3) is 0 Å². The number of aliphatic hydroxyl groups excluding tert-OH is 1. The monoisotopic (exact) mass is 412 g/mol. The van der Waals surface area contributed by atoms with E-state index < -0.39 is 12.1 Å². The van der Waals surface area contributed by atoms with Gasteiger partial charge in [-0.25, -0.2) is 4.79 Å². The van der Waals surface area contributed by atoms with Gasteiger partial charge in [-0.3, -0.25) is 9.67 Å². The normalized spacial score (nSPS) is 15.5. The summed E-state index contributed by atoms with van der Waals surface area (Å²) in [6, 6.07) is 10.6. The van der Waals surface area contributed by atoms with E-state index in [4.69, 9.17) is 0 Å². The summed E-state index contributed by atoms with van der Waals surface area (Å²) in [6.07, 6.45) is 6.04. The molecule has 3 aromatic rings. The van der Waals surface area contributed by atoms with Crippen molar-refractivity contribution in [3.63, 3.8) is 0 Å². The number of nitrogens with zero attached hydrogens (tertiary/aromatic N) is 3. The van der Waals surface area contributed by atoms with Gasteiger partial charge in [-0.1, -0.05) is 24.3 Å². The maximum absolute atomic E-state index is 12.0. The van der Waals surface area contributed by atoms with Crippen LogP contribution in [-0.2, 0) is 32.2 Å². The molecule has 3 N–H and O–H groups in total. The first-order valence-corrected chi connectivity index (χ1v) is 10.3. The van der Waals surface area contributed by atoms with Crippen molar-refractivity contribution in [2.45, 2.75) is 44.4 Å². The summed E-state index contributed by atoms with van der Waals surface area (Å²) in [5.41, 5.74) is 6.34. The molecule has 5 rings (SSSR count). The maximum atomic E-state index is 12.0. The van der Waals surface area contributed by atoms with Crippen LogP contribution < -0.4 is 24.2 Å². The fourth-order valence-corrected chi connectivity index (χ4v) is 4.71. The molecule has 2 aromatic heterocycles. The molecule has 1 unspecified atom stereocenters. The second-order valence-electron chi connectivity index (χ2n) is 8.13. The van der Waals surface area contributed by atoms with Crippen molar-refractivity contribution >= 4 is 5.97 Å². The number of aromatic nitrogens is 3. The van der Waals surface area contributed by atoms with Gasteiger partial charge in [0.05, 0.1) is 18.3 Å². The third-order valence-electron chi connectivity index (χ3n) is 6.13. The van der Waals surface area contributed by atoms with Gasteiger partial charge in [-0.2, -0.15) is 5.10 Å². The van der Waals surface area contributed by atoms with E-state index in [0.29, 0.717) is 24.7 Å². The minimum Gasteiger partial charge on any atom is -1.00 e. The van der Waals surface area contributed by atoms with Crippen LogP contribution in [0.4, 0.5) is 0 Å². The molecule has 0 aliphatic heterocycles. The zero-order chi connectivity index (χ0) is 20.7. The van der Waals surface area contributed by atoms with Crippen LogP contribution in [0.2, 0.25) is 0 Å². The number of aromatic carboxylic acids is 1. The van der Waals surface area contributed by atoms with Crippen LogP contribution >= 0.6 is 0 Å². The Morgan fingerprint density at radius 2 is 1.94 bits per heavy atom. The minimum atomic E-state index is -1.01. The van der Waals surface area contributed by atoms with Crippen LogP contribution in [0.25, 0.3) is 11.3 Å². The molecule has 0 radical (unpaired) electrons. The Bertz CT molecular complexity index is 1100. The summed E-state index contributed by atoms with van der Waals surface area (Å²) in [6.45, 7) is 0.532. The van der Waals surface area contributed by atoms with E-state index in [1.54, 1.807) is 6.20 Å². The molecule has 0 fully saturated rings. The van der Waals surface area contributed by atoms with Gasteiger partial charge >= 0.3 is 24.8 Å². The number of aliphatic hydroxyl groups is 1. The Kier molecular flexibility index (Phi) is 6.31. The number of fused-ring (bicyclic) bond motifs is 4. The van der Waals surface area contributed by atoms with E-state index in [2.05, 4.69) is 39.7 Å². The molecule has 2 heterocycles. The number of pyridine rings is 1. The Morgan fingerprint density at radius 1 is 1.19 bits per heavy atom. The molecule has 7 nitrogen and oxygen atoms in total. The largest absolute Gasteiger partial charge is 1.00 e. The maximum Gasteiger partial charge on any atom is 1.00 e. The fraction of sp³-hybridized carbons (Fsp3) is 0.348. The van der Waals surface area contributed by atoms with Crippen LogP contribution in [-0.4, -0.2) is 49.6 Å². The molecular weight excluding hydrogens is 387 g/mol. The van der Waals surface area contributed by atoms with Gasteiger partial charge in [-0.05, 0) is 48.4 Å². The standard InChI is InChI=1S/C23H24N4O3.Li.H/c28-18(12-25-17-9-14-3-1-2-4-15(14)10-17)13-27-22(23(29)30)20-6-5-16-11-24-8-7-19(16)21(20)26-27;;/h1-4,7-8,11,17-18,25,28H,5-6,9-10,12-13H2,(H,29,30);;/q;+1;-1. The average Bonchev–Trinajstić information content (AvgIpc) is 3.33. The van der Waals surface area contributed by atoms with Gasteiger partial charge in [0, 0.05) is 36.1 Å². The van der Waals surface area contributed by atoms with Crippen molar-refractivity contribution in [1.29, 1.82) is 0 Å². The number of rotatable bonds is 6. The number of hydrogen-bond acceptors (Lipinski definition) is 5. The van der Waals surface area contributed by atoms with Crippen molar-refractivity contribution in [3.8, 4) is 11.3 Å². The van der Waals surface area contributed by atoms with Gasteiger partial charge in [0.15, 0.2) is 0 Å². The predicted molar refractivity (Wildman–Crippen MR) is 113 cm³/mol. The number of nitrogens with one attached hydrogen (secondary N) is 1. The van der Waals surface area contributed by atoms with Crippen LogP contribution in [0.1, 0.15) is 34.2 Å². The molecule has 2 aliphatic rings. The molecule has 0 saturated heterocycles. The van der Waals surface area contributed by atoms with E-state index in [9.17, 15) is 15.0 Å². The van der Waals surface area contributed by atoms with Crippen molar-refractivity contribution in [3.05, 3.63) is 70.7 Å². The molecule has 156 valence electrons. The quantitative estimate of drug-likeness (QED) is 0.448. The molecule has 0 spiro atoms. The first-order chi connectivity index (χ1) is 14.6. The second-order valence-corrected chi connectivity index (χ2v) is 8.13. The van der Waals surface area contributed by atoms with E-state index in [1.807, 2.05) is 12.3 Å². The summed E-state index contributed by atoms with van der Waals surface area (Å²) < 4.78 is 1.46. The number of hydrogen-bond donors (Lipinski definition) is 3. The number of carboxylic acid groups (broad SMARTS) is 1.